The van der Waals surface area contributed by atoms with Gasteiger partial charge in [0.05, 0.1) is 18.3 Å². The van der Waals surface area contributed by atoms with E-state index in [0.29, 0.717) is 0 Å². The molecule has 0 spiro atoms. The zero-order valence-electron chi connectivity index (χ0n) is 15.4. The van der Waals surface area contributed by atoms with Gasteiger partial charge in [-0.15, -0.1) is 0 Å². The molecule has 2 atom stereocenters. The first-order valence-electron chi connectivity index (χ1n) is 8.68. The third-order valence-electron chi connectivity index (χ3n) is 4.52. The summed E-state index contributed by atoms with van der Waals surface area (Å²) < 4.78 is 19.4. The van der Waals surface area contributed by atoms with Crippen LogP contribution in [0.15, 0.2) is 30.5 Å². The number of cyclic esters (lactones) is 1. The van der Waals surface area contributed by atoms with Crippen LogP contribution < -0.4 is 10.2 Å². The molecule has 0 bridgehead atoms. The molecule has 3 rings (SSSR count). The van der Waals surface area contributed by atoms with Gasteiger partial charge in [0, 0.05) is 0 Å². The molecule has 0 saturated carbocycles. The standard InChI is InChI=1S/C19H23FN4O2/c1-11(2)16-10-26-19(25)24(16)17-15(20)9-21-18(23-17)22-13(4)14-7-5-6-12(3)8-14/h5-9,11,13,16H,10H2,1-4H3,(H,21,22,23)/t13-,16+/m0/s1. The average molecular weight is 358 g/mol. The van der Waals surface area contributed by atoms with Crippen molar-refractivity contribution in [2.75, 3.05) is 16.8 Å². The van der Waals surface area contributed by atoms with E-state index in [-0.39, 0.29) is 36.4 Å². The predicted octanol–water partition coefficient (Wildman–Crippen LogP) is 4.08. The van der Waals surface area contributed by atoms with E-state index in [1.165, 1.54) is 4.90 Å². The topological polar surface area (TPSA) is 67.4 Å². The van der Waals surface area contributed by atoms with E-state index in [0.717, 1.165) is 17.3 Å². The van der Waals surface area contributed by atoms with E-state index < -0.39 is 11.9 Å². The fourth-order valence-electron chi connectivity index (χ4n) is 2.98. The minimum Gasteiger partial charge on any atom is -0.447 e. The molecule has 1 saturated heterocycles. The number of hydrogen-bond donors (Lipinski definition) is 1. The number of nitrogens with zero attached hydrogens (tertiary/aromatic N) is 3. The van der Waals surface area contributed by atoms with Crippen LogP contribution in [-0.2, 0) is 4.74 Å². The molecule has 1 amide bonds. The summed E-state index contributed by atoms with van der Waals surface area (Å²) in [4.78, 5) is 21.6. The van der Waals surface area contributed by atoms with E-state index in [1.54, 1.807) is 0 Å². The van der Waals surface area contributed by atoms with E-state index in [2.05, 4.69) is 21.4 Å². The van der Waals surface area contributed by atoms with E-state index in [1.807, 2.05) is 45.9 Å². The van der Waals surface area contributed by atoms with Crippen LogP contribution in [0.3, 0.4) is 0 Å². The summed E-state index contributed by atoms with van der Waals surface area (Å²) in [7, 11) is 0. The number of carbonyl (C=O) groups excluding carboxylic acids is 1. The number of aromatic nitrogens is 2. The zero-order valence-corrected chi connectivity index (χ0v) is 15.4. The van der Waals surface area contributed by atoms with Crippen LogP contribution in [0.25, 0.3) is 0 Å². The molecule has 7 heteroatoms. The second-order valence-corrected chi connectivity index (χ2v) is 6.90. The molecule has 26 heavy (non-hydrogen) atoms. The highest BCUT2D eigenvalue weighted by molar-refractivity contribution is 5.89. The summed E-state index contributed by atoms with van der Waals surface area (Å²) in [5.41, 5.74) is 2.22. The Morgan fingerprint density at radius 1 is 1.35 bits per heavy atom. The van der Waals surface area contributed by atoms with Crippen LogP contribution in [0.4, 0.5) is 21.0 Å². The lowest BCUT2D eigenvalue weighted by molar-refractivity contribution is 0.177. The molecule has 138 valence electrons. The summed E-state index contributed by atoms with van der Waals surface area (Å²) in [5, 5.41) is 3.17. The number of anilines is 2. The van der Waals surface area contributed by atoms with E-state index >= 15 is 0 Å². The number of aryl methyl sites for hydroxylation is 1. The van der Waals surface area contributed by atoms with Gasteiger partial charge in [-0.25, -0.2) is 14.2 Å². The summed E-state index contributed by atoms with van der Waals surface area (Å²) in [6, 6.07) is 7.74. The number of halogens is 1. The number of rotatable bonds is 5. The van der Waals surface area contributed by atoms with Gasteiger partial charge in [0.2, 0.25) is 5.95 Å². The molecular formula is C19H23FN4O2. The van der Waals surface area contributed by atoms with Crippen molar-refractivity contribution in [2.45, 2.75) is 39.8 Å². The Morgan fingerprint density at radius 2 is 2.12 bits per heavy atom. The van der Waals surface area contributed by atoms with Crippen molar-refractivity contribution in [1.29, 1.82) is 0 Å². The minimum absolute atomic E-state index is 0.0554. The van der Waals surface area contributed by atoms with Crippen LogP contribution >= 0.6 is 0 Å². The molecule has 0 radical (unpaired) electrons. The smallest absolute Gasteiger partial charge is 0.416 e. The van der Waals surface area contributed by atoms with Gasteiger partial charge in [-0.3, -0.25) is 4.90 Å². The zero-order chi connectivity index (χ0) is 18.8. The van der Waals surface area contributed by atoms with Gasteiger partial charge >= 0.3 is 6.09 Å². The molecule has 6 nitrogen and oxygen atoms in total. The first-order chi connectivity index (χ1) is 12.4. The molecule has 1 fully saturated rings. The van der Waals surface area contributed by atoms with Crippen molar-refractivity contribution in [3.63, 3.8) is 0 Å². The third-order valence-corrected chi connectivity index (χ3v) is 4.52. The fourth-order valence-corrected chi connectivity index (χ4v) is 2.98. The summed E-state index contributed by atoms with van der Waals surface area (Å²) in [6.07, 6.45) is 0.496. The number of hydrogen-bond acceptors (Lipinski definition) is 5. The Hall–Kier alpha value is -2.70. The van der Waals surface area contributed by atoms with Gasteiger partial charge in [0.25, 0.3) is 0 Å². The van der Waals surface area contributed by atoms with Crippen LogP contribution in [0.1, 0.15) is 37.9 Å². The quantitative estimate of drug-likeness (QED) is 0.872. The Morgan fingerprint density at radius 3 is 2.81 bits per heavy atom. The molecule has 2 aromatic rings. The van der Waals surface area contributed by atoms with Crippen LogP contribution in [0.2, 0.25) is 0 Å². The predicted molar refractivity (Wildman–Crippen MR) is 97.7 cm³/mol. The highest BCUT2D eigenvalue weighted by Gasteiger charge is 2.38. The molecule has 1 aromatic heterocycles. The maximum absolute atomic E-state index is 14.3. The van der Waals surface area contributed by atoms with Gasteiger partial charge in [-0.1, -0.05) is 43.7 Å². The second kappa shape index (κ2) is 7.27. The molecule has 2 heterocycles. The highest BCUT2D eigenvalue weighted by Crippen LogP contribution is 2.28. The first-order valence-corrected chi connectivity index (χ1v) is 8.68. The SMILES string of the molecule is Cc1cccc([C@H](C)Nc2ncc(F)c(N3C(=O)OC[C@@H]3C(C)C)n2)c1. The number of nitrogens with one attached hydrogen (secondary N) is 1. The van der Waals surface area contributed by atoms with Gasteiger partial charge in [0.1, 0.15) is 6.61 Å². The molecule has 1 aromatic carbocycles. The van der Waals surface area contributed by atoms with Crippen LogP contribution in [-0.4, -0.2) is 28.7 Å². The lowest BCUT2D eigenvalue weighted by Crippen LogP contribution is -2.38. The normalized spacial score (nSPS) is 18.2. The van der Waals surface area contributed by atoms with Crippen molar-refractivity contribution in [2.24, 2.45) is 5.92 Å². The Kier molecular flexibility index (Phi) is 5.06. The number of ether oxygens (including phenoxy) is 1. The number of amides is 1. The first kappa shape index (κ1) is 18.1. The van der Waals surface area contributed by atoms with Crippen molar-refractivity contribution < 1.29 is 13.9 Å². The summed E-state index contributed by atoms with van der Waals surface area (Å²) >= 11 is 0. The largest absolute Gasteiger partial charge is 0.447 e. The van der Waals surface area contributed by atoms with Crippen molar-refractivity contribution in [3.05, 3.63) is 47.4 Å². The highest BCUT2D eigenvalue weighted by atomic mass is 19.1. The van der Waals surface area contributed by atoms with Gasteiger partial charge in [-0.05, 0) is 25.3 Å². The number of benzene rings is 1. The Bertz CT molecular complexity index is 812. The fraction of sp³-hybridized carbons (Fsp3) is 0.421. The third kappa shape index (κ3) is 3.61. The minimum atomic E-state index is -0.650. The van der Waals surface area contributed by atoms with Gasteiger partial charge in [0.15, 0.2) is 11.6 Å². The van der Waals surface area contributed by atoms with Crippen LogP contribution in [0.5, 0.6) is 0 Å². The lowest BCUT2D eigenvalue weighted by Gasteiger charge is -2.24. The maximum atomic E-state index is 14.3. The van der Waals surface area contributed by atoms with Crippen molar-refractivity contribution >= 4 is 17.9 Å². The molecule has 0 aliphatic carbocycles. The summed E-state index contributed by atoms with van der Waals surface area (Å²) in [5.74, 6) is -0.334. The second-order valence-electron chi connectivity index (χ2n) is 6.90. The van der Waals surface area contributed by atoms with Gasteiger partial charge in [-0.2, -0.15) is 4.98 Å². The van der Waals surface area contributed by atoms with E-state index in [4.69, 9.17) is 4.74 Å². The average Bonchev–Trinajstić information content (AvgIpc) is 2.98. The molecular weight excluding hydrogens is 335 g/mol. The lowest BCUT2D eigenvalue weighted by atomic mass is 10.0. The number of carbonyl (C=O) groups is 1. The van der Waals surface area contributed by atoms with E-state index in [9.17, 15) is 9.18 Å². The Labute approximate surface area is 152 Å². The molecule has 1 aliphatic rings. The monoisotopic (exact) mass is 358 g/mol. The molecule has 0 unspecified atom stereocenters. The summed E-state index contributed by atoms with van der Waals surface area (Å²) in [6.45, 7) is 8.13. The van der Waals surface area contributed by atoms with Crippen molar-refractivity contribution in [1.82, 2.24) is 9.97 Å². The molecule has 1 N–H and O–H groups in total. The van der Waals surface area contributed by atoms with Crippen molar-refractivity contribution in [3.8, 4) is 0 Å². The van der Waals surface area contributed by atoms with Crippen LogP contribution in [0, 0.1) is 18.7 Å². The maximum Gasteiger partial charge on any atom is 0.416 e. The van der Waals surface area contributed by atoms with Gasteiger partial charge < -0.3 is 10.1 Å². The molecule has 1 aliphatic heterocycles. The Balaban J connectivity index is 1.87.